The van der Waals surface area contributed by atoms with Crippen molar-refractivity contribution in [3.63, 3.8) is 0 Å². The van der Waals surface area contributed by atoms with Gasteiger partial charge in [0.2, 0.25) is 0 Å². The summed E-state index contributed by atoms with van der Waals surface area (Å²) in [6.45, 7) is 7.87. The highest BCUT2D eigenvalue weighted by atomic mass is 35.5. The van der Waals surface area contributed by atoms with Gasteiger partial charge in [-0.1, -0.05) is 84.0 Å². The van der Waals surface area contributed by atoms with Crippen LogP contribution in [0.3, 0.4) is 0 Å². The molecule has 1 nitrogen and oxygen atoms in total. The summed E-state index contributed by atoms with van der Waals surface area (Å²) < 4.78 is 2.40. The van der Waals surface area contributed by atoms with Crippen molar-refractivity contribution in [2.45, 2.75) is 117 Å². The molecule has 1 aromatic rings. The number of halogens is 1. The average Bonchev–Trinajstić information content (AvgIpc) is 2.57. The van der Waals surface area contributed by atoms with E-state index in [-0.39, 0.29) is 12.4 Å². The molecule has 0 radical (unpaired) electrons. The minimum Gasteiger partial charge on any atom is -1.00 e. The predicted molar refractivity (Wildman–Crippen MR) is 106 cm³/mol. The van der Waals surface area contributed by atoms with Crippen LogP contribution in [0.4, 0.5) is 0 Å². The van der Waals surface area contributed by atoms with Gasteiger partial charge in [-0.3, -0.25) is 0 Å². The summed E-state index contributed by atoms with van der Waals surface area (Å²) in [5.41, 5.74) is 2.76. The number of aryl methyl sites for hydroxylation is 3. The molecule has 2 heteroatoms. The monoisotopic (exact) mass is 367 g/mol. The molecule has 1 heterocycles. The fourth-order valence-electron chi connectivity index (χ4n) is 3.51. The maximum Gasteiger partial charge on any atom is 0.178 e. The Hall–Kier alpha value is -0.560. The SMILES string of the molecule is CCCCCCCCCCCCCCCC[n+]1ccc(C)cc1C.[Cl-]. The van der Waals surface area contributed by atoms with Gasteiger partial charge in [-0.15, -0.1) is 0 Å². The van der Waals surface area contributed by atoms with Gasteiger partial charge >= 0.3 is 0 Å². The summed E-state index contributed by atoms with van der Waals surface area (Å²) in [7, 11) is 0. The molecule has 0 aliphatic rings. The first-order chi connectivity index (χ1) is 11.7. The number of aromatic nitrogens is 1. The lowest BCUT2D eigenvalue weighted by Gasteiger charge is -2.03. The van der Waals surface area contributed by atoms with Gasteiger partial charge < -0.3 is 12.4 Å². The summed E-state index contributed by atoms with van der Waals surface area (Å²) in [6, 6.07) is 4.50. The lowest BCUT2D eigenvalue weighted by Crippen LogP contribution is -3.00. The van der Waals surface area contributed by atoms with E-state index in [2.05, 4.69) is 43.7 Å². The van der Waals surface area contributed by atoms with Gasteiger partial charge in [0.05, 0.1) is 0 Å². The first kappa shape index (κ1) is 24.4. The lowest BCUT2D eigenvalue weighted by molar-refractivity contribution is -0.703. The third-order valence-corrected chi connectivity index (χ3v) is 5.16. The van der Waals surface area contributed by atoms with Crippen molar-refractivity contribution >= 4 is 0 Å². The number of nitrogens with zero attached hydrogens (tertiary/aromatic N) is 1. The average molecular weight is 368 g/mol. The van der Waals surface area contributed by atoms with E-state index in [0.717, 1.165) is 0 Å². The van der Waals surface area contributed by atoms with Crippen molar-refractivity contribution in [1.82, 2.24) is 0 Å². The number of rotatable bonds is 15. The second-order valence-corrected chi connectivity index (χ2v) is 7.64. The van der Waals surface area contributed by atoms with Gasteiger partial charge in [-0.05, 0) is 18.9 Å². The normalized spacial score (nSPS) is 10.7. The molecule has 0 aromatic carbocycles. The maximum absolute atomic E-state index is 2.40. The summed E-state index contributed by atoms with van der Waals surface area (Å²) in [6.07, 6.45) is 22.3. The van der Waals surface area contributed by atoms with Crippen LogP contribution in [0.1, 0.15) is 108 Å². The van der Waals surface area contributed by atoms with Crippen LogP contribution in [-0.2, 0) is 6.54 Å². The number of hydrogen-bond donors (Lipinski definition) is 0. The van der Waals surface area contributed by atoms with Gasteiger partial charge in [-0.25, -0.2) is 4.57 Å². The van der Waals surface area contributed by atoms with Crippen molar-refractivity contribution in [2.24, 2.45) is 0 Å². The molecule has 0 fully saturated rings. The minimum absolute atomic E-state index is 0. The molecule has 0 atom stereocenters. The molecule has 0 aliphatic carbocycles. The van der Waals surface area contributed by atoms with Crippen LogP contribution in [0.25, 0.3) is 0 Å². The van der Waals surface area contributed by atoms with Gasteiger partial charge in [0.1, 0.15) is 6.54 Å². The topological polar surface area (TPSA) is 3.88 Å². The Morgan fingerprint density at radius 2 is 1.12 bits per heavy atom. The second-order valence-electron chi connectivity index (χ2n) is 7.64. The standard InChI is InChI=1S/C23H42N.ClH/c1-4-5-6-7-8-9-10-11-12-13-14-15-16-17-19-24-20-18-22(2)21-23(24)3;/h18,20-21H,4-17,19H2,1-3H3;1H/q+1;/p-1. The maximum atomic E-state index is 2.40. The van der Waals surface area contributed by atoms with Gasteiger partial charge in [0.15, 0.2) is 11.9 Å². The van der Waals surface area contributed by atoms with Gasteiger partial charge in [0.25, 0.3) is 0 Å². The highest BCUT2D eigenvalue weighted by Gasteiger charge is 2.05. The van der Waals surface area contributed by atoms with Gasteiger partial charge in [-0.2, -0.15) is 0 Å². The van der Waals surface area contributed by atoms with Crippen LogP contribution >= 0.6 is 0 Å². The van der Waals surface area contributed by atoms with Crippen molar-refractivity contribution < 1.29 is 17.0 Å². The van der Waals surface area contributed by atoms with Gasteiger partial charge in [0, 0.05) is 25.5 Å². The molecule has 25 heavy (non-hydrogen) atoms. The molecule has 0 amide bonds. The quantitative estimate of drug-likeness (QED) is 0.325. The first-order valence-corrected chi connectivity index (χ1v) is 10.7. The molecule has 0 aliphatic heterocycles. The summed E-state index contributed by atoms with van der Waals surface area (Å²) in [4.78, 5) is 0. The minimum atomic E-state index is 0. The molecule has 1 rings (SSSR count). The van der Waals surface area contributed by atoms with E-state index in [9.17, 15) is 0 Å². The molecule has 1 aromatic heterocycles. The van der Waals surface area contributed by atoms with Crippen LogP contribution < -0.4 is 17.0 Å². The van der Waals surface area contributed by atoms with E-state index < -0.39 is 0 Å². The molecule has 0 spiro atoms. The highest BCUT2D eigenvalue weighted by molar-refractivity contribution is 5.08. The van der Waals surface area contributed by atoms with Crippen LogP contribution in [0.15, 0.2) is 18.3 Å². The van der Waals surface area contributed by atoms with E-state index in [0.29, 0.717) is 0 Å². The fourth-order valence-corrected chi connectivity index (χ4v) is 3.51. The summed E-state index contributed by atoms with van der Waals surface area (Å²) in [5, 5.41) is 0. The Morgan fingerprint density at radius 3 is 1.56 bits per heavy atom. The number of hydrogen-bond acceptors (Lipinski definition) is 0. The Bertz CT molecular complexity index is 417. The molecule has 0 saturated heterocycles. The Labute approximate surface area is 164 Å². The zero-order valence-electron chi connectivity index (χ0n) is 17.2. The molecule has 0 saturated carbocycles. The van der Waals surface area contributed by atoms with Crippen molar-refractivity contribution in [3.8, 4) is 0 Å². The third kappa shape index (κ3) is 13.3. The zero-order valence-corrected chi connectivity index (χ0v) is 17.9. The molecular formula is C23H42ClN. The van der Waals surface area contributed by atoms with Crippen LogP contribution in [0, 0.1) is 13.8 Å². The predicted octanol–water partition coefficient (Wildman–Crippen LogP) is 4.08. The van der Waals surface area contributed by atoms with Crippen LogP contribution in [0.5, 0.6) is 0 Å². The largest absolute Gasteiger partial charge is 1.00 e. The molecule has 0 N–H and O–H groups in total. The highest BCUT2D eigenvalue weighted by Crippen LogP contribution is 2.13. The molecule has 0 unspecified atom stereocenters. The van der Waals surface area contributed by atoms with E-state index in [1.54, 1.807) is 0 Å². The smallest absolute Gasteiger partial charge is 0.178 e. The molecule has 0 bridgehead atoms. The molecule has 146 valence electrons. The Balaban J connectivity index is 0.00000576. The van der Waals surface area contributed by atoms with Crippen molar-refractivity contribution in [3.05, 3.63) is 29.6 Å². The number of pyridine rings is 1. The number of unbranched alkanes of at least 4 members (excludes halogenated alkanes) is 13. The second kappa shape index (κ2) is 16.9. The third-order valence-electron chi connectivity index (χ3n) is 5.16. The van der Waals surface area contributed by atoms with Crippen molar-refractivity contribution in [2.75, 3.05) is 0 Å². The van der Waals surface area contributed by atoms with E-state index in [1.165, 1.54) is 108 Å². The first-order valence-electron chi connectivity index (χ1n) is 10.7. The van der Waals surface area contributed by atoms with E-state index in [4.69, 9.17) is 0 Å². The van der Waals surface area contributed by atoms with Crippen molar-refractivity contribution in [1.29, 1.82) is 0 Å². The van der Waals surface area contributed by atoms with Crippen LogP contribution in [-0.4, -0.2) is 0 Å². The van der Waals surface area contributed by atoms with E-state index >= 15 is 0 Å². The van der Waals surface area contributed by atoms with Crippen LogP contribution in [0.2, 0.25) is 0 Å². The molecular weight excluding hydrogens is 326 g/mol. The summed E-state index contributed by atoms with van der Waals surface area (Å²) in [5.74, 6) is 0. The van der Waals surface area contributed by atoms with E-state index in [1.807, 2.05) is 0 Å². The Morgan fingerprint density at radius 1 is 0.680 bits per heavy atom. The Kier molecular flexibility index (Phi) is 16.5. The summed E-state index contributed by atoms with van der Waals surface area (Å²) >= 11 is 0. The lowest BCUT2D eigenvalue weighted by atomic mass is 10.0. The fraction of sp³-hybridized carbons (Fsp3) is 0.783. The zero-order chi connectivity index (χ0) is 17.5.